The van der Waals surface area contributed by atoms with Crippen molar-refractivity contribution in [3.8, 4) is 0 Å². The van der Waals surface area contributed by atoms with Crippen molar-refractivity contribution in [3.05, 3.63) is 53.3 Å². The van der Waals surface area contributed by atoms with Crippen molar-refractivity contribution in [1.29, 1.82) is 0 Å². The molecule has 1 aliphatic carbocycles. The van der Waals surface area contributed by atoms with E-state index in [4.69, 9.17) is 9.84 Å². The Morgan fingerprint density at radius 2 is 2.12 bits per heavy atom. The van der Waals surface area contributed by atoms with E-state index < -0.39 is 5.97 Å². The van der Waals surface area contributed by atoms with Gasteiger partial charge < -0.3 is 9.84 Å². The van der Waals surface area contributed by atoms with E-state index in [0.29, 0.717) is 5.76 Å². The van der Waals surface area contributed by atoms with E-state index >= 15 is 0 Å². The van der Waals surface area contributed by atoms with Gasteiger partial charge in [0.2, 0.25) is 0 Å². The molecule has 0 bridgehead atoms. The lowest BCUT2D eigenvalue weighted by Gasteiger charge is -2.02. The van der Waals surface area contributed by atoms with E-state index in [-0.39, 0.29) is 6.61 Å². The van der Waals surface area contributed by atoms with Crippen LogP contribution in [0.5, 0.6) is 0 Å². The summed E-state index contributed by atoms with van der Waals surface area (Å²) in [6.45, 7) is -0.299. The van der Waals surface area contributed by atoms with Crippen LogP contribution in [0.4, 0.5) is 0 Å². The summed E-state index contributed by atoms with van der Waals surface area (Å²) >= 11 is 0. The van der Waals surface area contributed by atoms with Gasteiger partial charge in [0.1, 0.15) is 5.76 Å². The smallest absolute Gasteiger partial charge is 0.341 e. The van der Waals surface area contributed by atoms with Crippen LogP contribution in [0.25, 0.3) is 6.08 Å². The number of carboxylic acids is 1. The lowest BCUT2D eigenvalue weighted by molar-refractivity contribution is -0.140. The second-order valence-corrected chi connectivity index (χ2v) is 3.53. The molecule has 0 heterocycles. The van der Waals surface area contributed by atoms with Crippen LogP contribution in [-0.4, -0.2) is 17.7 Å². The van der Waals surface area contributed by atoms with Gasteiger partial charge in [-0.3, -0.25) is 0 Å². The SMILES string of the molecule is O=C(O)COC1=CCc2ccccc2C=C1. The normalized spacial score (nSPS) is 13.6. The maximum Gasteiger partial charge on any atom is 0.341 e. The molecule has 0 amide bonds. The predicted molar refractivity (Wildman–Crippen MR) is 60.9 cm³/mol. The number of carboxylic acid groups (broad SMARTS) is 1. The topological polar surface area (TPSA) is 46.5 Å². The number of benzene rings is 1. The molecule has 0 atom stereocenters. The van der Waals surface area contributed by atoms with Crippen LogP contribution in [-0.2, 0) is 16.0 Å². The first kappa shape index (κ1) is 10.5. The van der Waals surface area contributed by atoms with Gasteiger partial charge in [-0.1, -0.05) is 30.3 Å². The number of carbonyl (C=O) groups is 1. The predicted octanol–water partition coefficient (Wildman–Crippen LogP) is 2.24. The Morgan fingerprint density at radius 1 is 1.31 bits per heavy atom. The average Bonchev–Trinajstić information content (AvgIpc) is 2.49. The highest BCUT2D eigenvalue weighted by Gasteiger charge is 2.05. The van der Waals surface area contributed by atoms with E-state index in [1.54, 1.807) is 6.08 Å². The third-order valence-electron chi connectivity index (χ3n) is 2.37. The number of fused-ring (bicyclic) bond motifs is 1. The number of hydrogen-bond donors (Lipinski definition) is 1. The fourth-order valence-electron chi connectivity index (χ4n) is 1.59. The van der Waals surface area contributed by atoms with Crippen LogP contribution in [0.1, 0.15) is 11.1 Å². The van der Waals surface area contributed by atoms with Gasteiger partial charge in [0, 0.05) is 0 Å². The largest absolute Gasteiger partial charge is 0.482 e. The molecule has 3 heteroatoms. The molecule has 1 aliphatic rings. The van der Waals surface area contributed by atoms with Crippen LogP contribution in [0, 0.1) is 0 Å². The van der Waals surface area contributed by atoms with Gasteiger partial charge in [0.05, 0.1) is 0 Å². The van der Waals surface area contributed by atoms with Gasteiger partial charge in [-0.15, -0.1) is 0 Å². The first-order valence-electron chi connectivity index (χ1n) is 5.06. The molecule has 1 aromatic rings. The van der Waals surface area contributed by atoms with Crippen molar-refractivity contribution < 1.29 is 14.6 Å². The van der Waals surface area contributed by atoms with Crippen molar-refractivity contribution in [2.24, 2.45) is 0 Å². The summed E-state index contributed by atoms with van der Waals surface area (Å²) in [5, 5.41) is 8.51. The van der Waals surface area contributed by atoms with Crippen molar-refractivity contribution in [1.82, 2.24) is 0 Å². The van der Waals surface area contributed by atoms with E-state index in [1.165, 1.54) is 5.56 Å². The highest BCUT2D eigenvalue weighted by atomic mass is 16.5. The third-order valence-corrected chi connectivity index (χ3v) is 2.37. The second kappa shape index (κ2) is 4.66. The van der Waals surface area contributed by atoms with Crippen LogP contribution < -0.4 is 0 Å². The van der Waals surface area contributed by atoms with Gasteiger partial charge in [0.15, 0.2) is 6.61 Å². The summed E-state index contributed by atoms with van der Waals surface area (Å²) in [7, 11) is 0. The minimum absolute atomic E-state index is 0.299. The fourth-order valence-corrected chi connectivity index (χ4v) is 1.59. The summed E-state index contributed by atoms with van der Waals surface area (Å²) in [5.74, 6) is -0.352. The number of hydrogen-bond acceptors (Lipinski definition) is 2. The number of rotatable bonds is 3. The minimum Gasteiger partial charge on any atom is -0.482 e. The van der Waals surface area contributed by atoms with Gasteiger partial charge in [-0.2, -0.15) is 0 Å². The first-order valence-corrected chi connectivity index (χ1v) is 5.06. The van der Waals surface area contributed by atoms with Gasteiger partial charge in [-0.05, 0) is 29.7 Å². The Bertz CT molecular complexity index is 458. The Morgan fingerprint density at radius 3 is 2.94 bits per heavy atom. The molecule has 16 heavy (non-hydrogen) atoms. The van der Waals surface area contributed by atoms with E-state index in [9.17, 15) is 4.79 Å². The highest BCUT2D eigenvalue weighted by molar-refractivity contribution is 5.68. The quantitative estimate of drug-likeness (QED) is 0.842. The van der Waals surface area contributed by atoms with E-state index in [0.717, 1.165) is 12.0 Å². The molecule has 0 aromatic heterocycles. The van der Waals surface area contributed by atoms with Crippen LogP contribution in [0.15, 0.2) is 42.2 Å². The lowest BCUT2D eigenvalue weighted by Crippen LogP contribution is -2.05. The summed E-state index contributed by atoms with van der Waals surface area (Å²) < 4.78 is 5.13. The molecule has 82 valence electrons. The molecule has 2 rings (SSSR count). The number of ether oxygens (including phenoxy) is 1. The maximum absolute atomic E-state index is 10.4. The molecule has 0 saturated heterocycles. The first-order chi connectivity index (χ1) is 7.75. The van der Waals surface area contributed by atoms with Gasteiger partial charge in [-0.25, -0.2) is 4.79 Å². The Labute approximate surface area is 93.7 Å². The second-order valence-electron chi connectivity index (χ2n) is 3.53. The molecular formula is C13H12O3. The number of aliphatic carboxylic acids is 1. The highest BCUT2D eigenvalue weighted by Crippen LogP contribution is 2.18. The molecule has 3 nitrogen and oxygen atoms in total. The molecule has 0 fully saturated rings. The van der Waals surface area contributed by atoms with Crippen LogP contribution in [0.3, 0.4) is 0 Å². The summed E-state index contributed by atoms with van der Waals surface area (Å²) in [6.07, 6.45) is 6.40. The molecule has 0 radical (unpaired) electrons. The zero-order valence-electron chi connectivity index (χ0n) is 8.72. The molecule has 0 saturated carbocycles. The van der Waals surface area contributed by atoms with Crippen molar-refractivity contribution in [3.63, 3.8) is 0 Å². The summed E-state index contributed by atoms with van der Waals surface area (Å²) in [5.41, 5.74) is 2.36. The van der Waals surface area contributed by atoms with Crippen molar-refractivity contribution >= 4 is 12.0 Å². The third kappa shape index (κ3) is 2.51. The van der Waals surface area contributed by atoms with Crippen molar-refractivity contribution in [2.75, 3.05) is 6.61 Å². The molecule has 0 aliphatic heterocycles. The molecule has 1 aromatic carbocycles. The molecule has 1 N–H and O–H groups in total. The number of allylic oxidation sites excluding steroid dienone is 2. The van der Waals surface area contributed by atoms with Gasteiger partial charge >= 0.3 is 5.97 Å². The minimum atomic E-state index is -0.962. The summed E-state index contributed by atoms with van der Waals surface area (Å²) in [4.78, 5) is 10.4. The molecule has 0 unspecified atom stereocenters. The lowest BCUT2D eigenvalue weighted by atomic mass is 10.1. The maximum atomic E-state index is 10.4. The zero-order chi connectivity index (χ0) is 11.4. The Kier molecular flexibility index (Phi) is 3.05. The fraction of sp³-hybridized carbons (Fsp3) is 0.154. The van der Waals surface area contributed by atoms with E-state index in [1.807, 2.05) is 30.4 Å². The Balaban J connectivity index is 2.12. The van der Waals surface area contributed by atoms with Crippen LogP contribution in [0.2, 0.25) is 0 Å². The monoisotopic (exact) mass is 216 g/mol. The van der Waals surface area contributed by atoms with Gasteiger partial charge in [0.25, 0.3) is 0 Å². The van der Waals surface area contributed by atoms with Crippen LogP contribution >= 0.6 is 0 Å². The Hall–Kier alpha value is -2.03. The zero-order valence-corrected chi connectivity index (χ0v) is 8.72. The molecular weight excluding hydrogens is 204 g/mol. The standard InChI is InChI=1S/C13H12O3/c14-13(15)9-16-12-7-5-10-3-1-2-4-11(10)6-8-12/h1-5,7-8H,6,9H2,(H,14,15). The van der Waals surface area contributed by atoms with E-state index in [2.05, 4.69) is 6.07 Å². The summed E-state index contributed by atoms with van der Waals surface area (Å²) in [6, 6.07) is 8.05. The molecule has 0 spiro atoms. The average molecular weight is 216 g/mol. The van der Waals surface area contributed by atoms with Crippen molar-refractivity contribution in [2.45, 2.75) is 6.42 Å².